The molecular weight excluding hydrogens is 272 g/mol. The molecule has 1 aromatic heterocycles. The number of ether oxygens (including phenoxy) is 1. The largest absolute Gasteiger partial charge is 0.481 e. The summed E-state index contributed by atoms with van der Waals surface area (Å²) in [6, 6.07) is 1.61. The average Bonchev–Trinajstić information content (AvgIpc) is 2.26. The Morgan fingerprint density at radius 1 is 1.47 bits per heavy atom. The Morgan fingerprint density at radius 2 is 2.11 bits per heavy atom. The lowest BCUT2D eigenvalue weighted by molar-refractivity contribution is -0.116. The number of carbonyl (C=O) groups is 1. The van der Waals surface area contributed by atoms with E-state index in [1.807, 2.05) is 0 Å². The molecule has 1 N–H and O–H groups in total. The van der Waals surface area contributed by atoms with Crippen molar-refractivity contribution in [2.75, 3.05) is 32.3 Å². The lowest BCUT2D eigenvalue weighted by atomic mass is 10.4. The lowest BCUT2D eigenvalue weighted by Gasteiger charge is -2.13. The van der Waals surface area contributed by atoms with E-state index < -0.39 is 15.9 Å². The van der Waals surface area contributed by atoms with E-state index in [9.17, 15) is 13.2 Å². The molecule has 19 heavy (non-hydrogen) atoms. The second-order valence-electron chi connectivity index (χ2n) is 3.94. The van der Waals surface area contributed by atoms with Crippen molar-refractivity contribution in [1.82, 2.24) is 14.3 Å². The third-order valence-corrected chi connectivity index (χ3v) is 3.48. The maximum absolute atomic E-state index is 11.6. The van der Waals surface area contributed by atoms with E-state index in [1.165, 1.54) is 14.2 Å². The highest BCUT2D eigenvalue weighted by Crippen LogP contribution is 2.11. The Morgan fingerprint density at radius 3 is 2.63 bits per heavy atom. The normalized spacial score (nSPS) is 11.4. The van der Waals surface area contributed by atoms with Crippen molar-refractivity contribution < 1.29 is 17.9 Å². The SMILES string of the molecule is COc1cc(C)nc(NC(=O)CN(C)S(C)(=O)=O)n1. The molecule has 1 heterocycles. The quantitative estimate of drug-likeness (QED) is 0.792. The molecule has 1 amide bonds. The summed E-state index contributed by atoms with van der Waals surface area (Å²) in [5.41, 5.74) is 0.624. The van der Waals surface area contributed by atoms with Crippen LogP contribution in [0.15, 0.2) is 6.07 Å². The molecule has 0 unspecified atom stereocenters. The van der Waals surface area contributed by atoms with Gasteiger partial charge in [0.15, 0.2) is 0 Å². The van der Waals surface area contributed by atoms with Gasteiger partial charge in [-0.2, -0.15) is 9.29 Å². The fourth-order valence-corrected chi connectivity index (χ4v) is 1.54. The first kappa shape index (κ1) is 15.3. The molecule has 1 rings (SSSR count). The number of sulfonamides is 1. The highest BCUT2D eigenvalue weighted by molar-refractivity contribution is 7.88. The molecule has 8 nitrogen and oxygen atoms in total. The smallest absolute Gasteiger partial charge is 0.242 e. The molecule has 0 aliphatic rings. The van der Waals surface area contributed by atoms with Crippen molar-refractivity contribution in [1.29, 1.82) is 0 Å². The van der Waals surface area contributed by atoms with Crippen LogP contribution in [0.25, 0.3) is 0 Å². The first-order chi connectivity index (χ1) is 8.72. The van der Waals surface area contributed by atoms with Crippen LogP contribution in [-0.2, 0) is 14.8 Å². The van der Waals surface area contributed by atoms with Gasteiger partial charge in [0.2, 0.25) is 27.8 Å². The van der Waals surface area contributed by atoms with Crippen LogP contribution < -0.4 is 10.1 Å². The Labute approximate surface area is 111 Å². The molecule has 0 fully saturated rings. The van der Waals surface area contributed by atoms with Gasteiger partial charge in [-0.25, -0.2) is 13.4 Å². The zero-order chi connectivity index (χ0) is 14.6. The third kappa shape index (κ3) is 4.79. The van der Waals surface area contributed by atoms with E-state index in [0.717, 1.165) is 10.6 Å². The predicted octanol–water partition coefficient (Wildman–Crippen LogP) is -0.376. The van der Waals surface area contributed by atoms with Gasteiger partial charge in [0.1, 0.15) is 0 Å². The molecule has 106 valence electrons. The minimum atomic E-state index is -3.40. The molecular formula is C10H16N4O4S. The fraction of sp³-hybridized carbons (Fsp3) is 0.500. The average molecular weight is 288 g/mol. The van der Waals surface area contributed by atoms with Crippen LogP contribution in [-0.4, -0.2) is 55.6 Å². The number of aryl methyl sites for hydroxylation is 1. The van der Waals surface area contributed by atoms with E-state index in [1.54, 1.807) is 13.0 Å². The number of methoxy groups -OCH3 is 1. The number of rotatable bonds is 5. The second kappa shape index (κ2) is 5.93. The fourth-order valence-electron chi connectivity index (χ4n) is 1.18. The first-order valence-corrected chi connectivity index (χ1v) is 7.18. The van der Waals surface area contributed by atoms with Crippen LogP contribution in [0.4, 0.5) is 5.95 Å². The number of carbonyl (C=O) groups excluding carboxylic acids is 1. The topological polar surface area (TPSA) is 101 Å². The van der Waals surface area contributed by atoms with Gasteiger partial charge >= 0.3 is 0 Å². The van der Waals surface area contributed by atoms with E-state index in [0.29, 0.717) is 11.6 Å². The second-order valence-corrected chi connectivity index (χ2v) is 6.03. The number of nitrogens with one attached hydrogen (secondary N) is 1. The van der Waals surface area contributed by atoms with E-state index in [2.05, 4.69) is 15.3 Å². The van der Waals surface area contributed by atoms with Gasteiger partial charge in [0.05, 0.1) is 19.9 Å². The predicted molar refractivity (Wildman–Crippen MR) is 69.4 cm³/mol. The van der Waals surface area contributed by atoms with E-state index in [4.69, 9.17) is 4.74 Å². The van der Waals surface area contributed by atoms with Crippen molar-refractivity contribution in [3.05, 3.63) is 11.8 Å². The van der Waals surface area contributed by atoms with Crippen LogP contribution in [0.2, 0.25) is 0 Å². The van der Waals surface area contributed by atoms with Gasteiger partial charge in [-0.15, -0.1) is 0 Å². The summed E-state index contributed by atoms with van der Waals surface area (Å²) in [6.07, 6.45) is 1.02. The molecule has 1 aromatic rings. The minimum absolute atomic E-state index is 0.0729. The maximum Gasteiger partial charge on any atom is 0.242 e. The molecule has 0 aliphatic carbocycles. The van der Waals surface area contributed by atoms with Crippen LogP contribution >= 0.6 is 0 Å². The van der Waals surface area contributed by atoms with Crippen molar-refractivity contribution in [3.63, 3.8) is 0 Å². The van der Waals surface area contributed by atoms with Gasteiger partial charge in [0, 0.05) is 18.8 Å². The number of aromatic nitrogens is 2. The van der Waals surface area contributed by atoms with Crippen molar-refractivity contribution in [3.8, 4) is 5.88 Å². The van der Waals surface area contributed by atoms with E-state index >= 15 is 0 Å². The first-order valence-electron chi connectivity index (χ1n) is 5.33. The number of hydrogen-bond donors (Lipinski definition) is 1. The minimum Gasteiger partial charge on any atom is -0.481 e. The summed E-state index contributed by atoms with van der Waals surface area (Å²) in [5, 5.41) is 2.41. The molecule has 9 heteroatoms. The van der Waals surface area contributed by atoms with Gasteiger partial charge in [0.25, 0.3) is 0 Å². The highest BCUT2D eigenvalue weighted by atomic mass is 32.2. The molecule has 0 saturated carbocycles. The summed E-state index contributed by atoms with van der Waals surface area (Å²) in [6.45, 7) is 1.42. The zero-order valence-corrected chi connectivity index (χ0v) is 12.0. The Kier molecular flexibility index (Phi) is 4.78. The monoisotopic (exact) mass is 288 g/mol. The molecule has 0 aliphatic heterocycles. The van der Waals surface area contributed by atoms with Crippen LogP contribution in [0.5, 0.6) is 5.88 Å². The zero-order valence-electron chi connectivity index (χ0n) is 11.2. The van der Waals surface area contributed by atoms with Gasteiger partial charge in [-0.1, -0.05) is 0 Å². The summed E-state index contributed by atoms with van der Waals surface area (Å²) in [5.74, 6) is -0.136. The molecule has 0 atom stereocenters. The van der Waals surface area contributed by atoms with Crippen molar-refractivity contribution in [2.45, 2.75) is 6.92 Å². The number of nitrogens with zero attached hydrogens (tertiary/aromatic N) is 3. The van der Waals surface area contributed by atoms with Crippen molar-refractivity contribution >= 4 is 21.9 Å². The summed E-state index contributed by atoms with van der Waals surface area (Å²) in [7, 11) is -0.643. The number of amides is 1. The summed E-state index contributed by atoms with van der Waals surface area (Å²) >= 11 is 0. The van der Waals surface area contributed by atoms with Crippen molar-refractivity contribution in [2.24, 2.45) is 0 Å². The summed E-state index contributed by atoms with van der Waals surface area (Å²) < 4.78 is 28.2. The Hall–Kier alpha value is -1.74. The number of likely N-dealkylation sites (N-methyl/N-ethyl adjacent to an activating group) is 1. The molecule has 0 radical (unpaired) electrons. The Bertz CT molecular complexity index is 573. The van der Waals surface area contributed by atoms with Gasteiger partial charge < -0.3 is 4.74 Å². The lowest BCUT2D eigenvalue weighted by Crippen LogP contribution is -2.34. The molecule has 0 bridgehead atoms. The number of anilines is 1. The highest BCUT2D eigenvalue weighted by Gasteiger charge is 2.16. The molecule has 0 saturated heterocycles. The van der Waals surface area contributed by atoms with Gasteiger partial charge in [-0.05, 0) is 6.92 Å². The molecule has 0 spiro atoms. The number of hydrogen-bond acceptors (Lipinski definition) is 6. The third-order valence-electron chi connectivity index (χ3n) is 2.22. The standard InChI is InChI=1S/C10H16N4O4S/c1-7-5-9(18-3)13-10(11-7)12-8(15)6-14(2)19(4,16)17/h5H,6H2,1-4H3,(H,11,12,13,15). The van der Waals surface area contributed by atoms with Crippen LogP contribution in [0.3, 0.4) is 0 Å². The van der Waals surface area contributed by atoms with Crippen LogP contribution in [0.1, 0.15) is 5.69 Å². The van der Waals surface area contributed by atoms with E-state index in [-0.39, 0.29) is 12.5 Å². The Balaban J connectivity index is 2.75. The van der Waals surface area contributed by atoms with Crippen LogP contribution in [0, 0.1) is 6.92 Å². The maximum atomic E-state index is 11.6. The summed E-state index contributed by atoms with van der Waals surface area (Å²) in [4.78, 5) is 19.6. The molecule has 0 aromatic carbocycles. The van der Waals surface area contributed by atoms with Gasteiger partial charge in [-0.3, -0.25) is 10.1 Å².